The van der Waals surface area contributed by atoms with Crippen LogP contribution in [0.15, 0.2) is 65.8 Å². The standard InChI is InChI=1S/C30H40N8O6/c1-17(39)25(38-26(40)21(31)15-19-16-35-22-11-6-5-10-20(19)22)28(42)37-24(14-18-8-3-2-4-9-18)27(41)36-23(29(43)44)12-7-13-34-30(32)33/h2-6,8-11,16-17,21,23-25,35,39H,7,12-15,31H2,1H3,(H,36,41)(H,37,42)(H,38,40)(H,43,44)(H4,32,33,34). The maximum Gasteiger partial charge on any atom is 0.326 e. The minimum absolute atomic E-state index is 0.0132. The summed E-state index contributed by atoms with van der Waals surface area (Å²) in [5.41, 5.74) is 19.2. The predicted octanol–water partition coefficient (Wildman–Crippen LogP) is -0.746. The van der Waals surface area contributed by atoms with Crippen molar-refractivity contribution >= 4 is 40.6 Å². The number of aliphatic imine (C=N–C) groups is 1. The Labute approximate surface area is 254 Å². The molecule has 0 fully saturated rings. The lowest BCUT2D eigenvalue weighted by molar-refractivity contribution is -0.142. The van der Waals surface area contributed by atoms with E-state index in [0.717, 1.165) is 16.5 Å². The number of carboxylic acids is 1. The number of benzene rings is 2. The van der Waals surface area contributed by atoms with Crippen LogP contribution in [0.2, 0.25) is 0 Å². The average Bonchev–Trinajstić information content (AvgIpc) is 3.39. The molecular formula is C30H40N8O6. The molecule has 3 amide bonds. The van der Waals surface area contributed by atoms with Crippen LogP contribution < -0.4 is 33.2 Å². The number of aromatic nitrogens is 1. The van der Waals surface area contributed by atoms with E-state index < -0.39 is 54.0 Å². The van der Waals surface area contributed by atoms with Gasteiger partial charge in [-0.15, -0.1) is 0 Å². The third kappa shape index (κ3) is 9.81. The Balaban J connectivity index is 1.71. The van der Waals surface area contributed by atoms with Crippen molar-refractivity contribution < 1.29 is 29.4 Å². The van der Waals surface area contributed by atoms with Gasteiger partial charge >= 0.3 is 5.97 Å². The van der Waals surface area contributed by atoms with Gasteiger partial charge in [0.05, 0.1) is 12.1 Å². The second kappa shape index (κ2) is 16.0. The van der Waals surface area contributed by atoms with Gasteiger partial charge in [-0.25, -0.2) is 4.79 Å². The number of nitrogens with zero attached hydrogens (tertiary/aromatic N) is 1. The number of carbonyl (C=O) groups excluding carboxylic acids is 3. The summed E-state index contributed by atoms with van der Waals surface area (Å²) in [5.74, 6) is -3.69. The molecule has 5 atom stereocenters. The van der Waals surface area contributed by atoms with Crippen molar-refractivity contribution in [3.63, 3.8) is 0 Å². The molecule has 12 N–H and O–H groups in total. The molecule has 0 aliphatic heterocycles. The van der Waals surface area contributed by atoms with E-state index in [1.54, 1.807) is 36.5 Å². The number of hydrogen-bond donors (Lipinski definition) is 9. The van der Waals surface area contributed by atoms with Crippen LogP contribution in [0.5, 0.6) is 0 Å². The molecule has 3 rings (SSSR count). The summed E-state index contributed by atoms with van der Waals surface area (Å²) >= 11 is 0. The van der Waals surface area contributed by atoms with E-state index in [9.17, 15) is 29.4 Å². The molecule has 0 aliphatic carbocycles. The van der Waals surface area contributed by atoms with E-state index >= 15 is 0 Å². The second-order valence-corrected chi connectivity index (χ2v) is 10.5. The first-order valence-corrected chi connectivity index (χ1v) is 14.2. The van der Waals surface area contributed by atoms with Gasteiger partial charge < -0.3 is 48.3 Å². The van der Waals surface area contributed by atoms with Crippen molar-refractivity contribution in [2.45, 2.75) is 62.9 Å². The SMILES string of the molecule is CC(O)C(NC(=O)C(N)Cc1c[nH]c2ccccc12)C(=O)NC(Cc1ccccc1)C(=O)NC(CCCN=C(N)N)C(=O)O. The number of para-hydroxylation sites is 1. The van der Waals surface area contributed by atoms with Gasteiger partial charge in [0.25, 0.3) is 0 Å². The van der Waals surface area contributed by atoms with Crippen molar-refractivity contribution in [1.29, 1.82) is 0 Å². The van der Waals surface area contributed by atoms with E-state index in [0.29, 0.717) is 5.56 Å². The van der Waals surface area contributed by atoms with Gasteiger partial charge in [0.2, 0.25) is 17.7 Å². The maximum atomic E-state index is 13.4. The highest BCUT2D eigenvalue weighted by Crippen LogP contribution is 2.19. The molecule has 2 aromatic carbocycles. The molecule has 44 heavy (non-hydrogen) atoms. The maximum absolute atomic E-state index is 13.4. The quantitative estimate of drug-likeness (QED) is 0.0563. The minimum Gasteiger partial charge on any atom is -0.480 e. The number of aromatic amines is 1. The van der Waals surface area contributed by atoms with Crippen LogP contribution in [-0.2, 0) is 32.0 Å². The number of nitrogens with two attached hydrogens (primary N) is 3. The van der Waals surface area contributed by atoms with E-state index in [4.69, 9.17) is 17.2 Å². The summed E-state index contributed by atoms with van der Waals surface area (Å²) in [6.45, 7) is 1.49. The van der Waals surface area contributed by atoms with E-state index in [1.807, 2.05) is 24.3 Å². The number of fused-ring (bicyclic) bond motifs is 1. The molecule has 0 bridgehead atoms. The molecule has 14 nitrogen and oxygen atoms in total. The Bertz CT molecular complexity index is 1450. The highest BCUT2D eigenvalue weighted by atomic mass is 16.4. The van der Waals surface area contributed by atoms with Crippen LogP contribution >= 0.6 is 0 Å². The average molecular weight is 609 g/mol. The van der Waals surface area contributed by atoms with Gasteiger partial charge in [-0.2, -0.15) is 0 Å². The molecule has 0 radical (unpaired) electrons. The van der Waals surface area contributed by atoms with Crippen LogP contribution in [0.3, 0.4) is 0 Å². The van der Waals surface area contributed by atoms with Crippen LogP contribution in [0.1, 0.15) is 30.9 Å². The van der Waals surface area contributed by atoms with E-state index in [-0.39, 0.29) is 38.2 Å². The summed E-state index contributed by atoms with van der Waals surface area (Å²) < 4.78 is 0. The summed E-state index contributed by atoms with van der Waals surface area (Å²) in [6.07, 6.45) is 0.906. The molecule has 14 heteroatoms. The number of guanidine groups is 1. The number of carboxylic acid groups (broad SMARTS) is 1. The molecule has 236 valence electrons. The molecule has 1 heterocycles. The summed E-state index contributed by atoms with van der Waals surface area (Å²) in [7, 11) is 0. The zero-order chi connectivity index (χ0) is 32.2. The monoisotopic (exact) mass is 608 g/mol. The lowest BCUT2D eigenvalue weighted by Crippen LogP contribution is -2.60. The number of nitrogens with one attached hydrogen (secondary N) is 4. The Kier molecular flexibility index (Phi) is 12.2. The van der Waals surface area contributed by atoms with Crippen LogP contribution in [0.25, 0.3) is 10.9 Å². The van der Waals surface area contributed by atoms with Crippen molar-refractivity contribution in [1.82, 2.24) is 20.9 Å². The van der Waals surface area contributed by atoms with Crippen LogP contribution in [0, 0.1) is 0 Å². The van der Waals surface area contributed by atoms with Crippen molar-refractivity contribution in [2.24, 2.45) is 22.2 Å². The summed E-state index contributed by atoms with van der Waals surface area (Å²) in [5, 5.41) is 28.5. The van der Waals surface area contributed by atoms with E-state index in [1.165, 1.54) is 6.92 Å². The number of amides is 3. The first-order valence-electron chi connectivity index (χ1n) is 14.2. The third-order valence-electron chi connectivity index (χ3n) is 6.99. The fourth-order valence-electron chi connectivity index (χ4n) is 4.65. The van der Waals surface area contributed by atoms with Gasteiger partial charge in [-0.05, 0) is 43.4 Å². The zero-order valence-corrected chi connectivity index (χ0v) is 24.4. The third-order valence-corrected chi connectivity index (χ3v) is 6.99. The van der Waals surface area contributed by atoms with Crippen molar-refractivity contribution in [3.8, 4) is 0 Å². The van der Waals surface area contributed by atoms with Crippen LogP contribution in [-0.4, -0.2) is 81.7 Å². The number of aliphatic hydroxyl groups excluding tert-OH is 1. The first kappa shape index (κ1) is 33.6. The highest BCUT2D eigenvalue weighted by Gasteiger charge is 2.32. The summed E-state index contributed by atoms with van der Waals surface area (Å²) in [6, 6.07) is 11.3. The van der Waals surface area contributed by atoms with Crippen molar-refractivity contribution in [3.05, 3.63) is 71.9 Å². The molecule has 0 saturated heterocycles. The van der Waals surface area contributed by atoms with Gasteiger partial charge in [0.15, 0.2) is 5.96 Å². The van der Waals surface area contributed by atoms with E-state index in [2.05, 4.69) is 25.9 Å². The second-order valence-electron chi connectivity index (χ2n) is 10.5. The number of aliphatic carboxylic acids is 1. The Morgan fingerprint density at radius 1 is 0.886 bits per heavy atom. The molecule has 0 spiro atoms. The number of rotatable bonds is 16. The lowest BCUT2D eigenvalue weighted by atomic mass is 10.0. The van der Waals surface area contributed by atoms with Crippen molar-refractivity contribution in [2.75, 3.05) is 6.54 Å². The molecule has 3 aromatic rings. The molecule has 1 aromatic heterocycles. The molecular weight excluding hydrogens is 568 g/mol. The highest BCUT2D eigenvalue weighted by molar-refractivity contribution is 5.95. The molecule has 0 saturated carbocycles. The minimum atomic E-state index is -1.45. The summed E-state index contributed by atoms with van der Waals surface area (Å²) in [4.78, 5) is 58.5. The normalized spacial score (nSPS) is 14.4. The van der Waals surface area contributed by atoms with Gasteiger partial charge in [0, 0.05) is 30.1 Å². The predicted molar refractivity (Wildman–Crippen MR) is 165 cm³/mol. The Morgan fingerprint density at radius 2 is 1.55 bits per heavy atom. The lowest BCUT2D eigenvalue weighted by Gasteiger charge is -2.26. The van der Waals surface area contributed by atoms with Gasteiger partial charge in [-0.3, -0.25) is 19.4 Å². The van der Waals surface area contributed by atoms with Gasteiger partial charge in [-0.1, -0.05) is 48.5 Å². The fourth-order valence-corrected chi connectivity index (χ4v) is 4.65. The Morgan fingerprint density at radius 3 is 2.20 bits per heavy atom. The van der Waals surface area contributed by atoms with Gasteiger partial charge in [0.1, 0.15) is 18.1 Å². The molecule has 5 unspecified atom stereocenters. The first-order chi connectivity index (χ1) is 21.0. The molecule has 0 aliphatic rings. The smallest absolute Gasteiger partial charge is 0.326 e. The number of carbonyl (C=O) groups is 4. The fraction of sp³-hybridized carbons (Fsp3) is 0.367. The number of aliphatic hydroxyl groups is 1. The zero-order valence-electron chi connectivity index (χ0n) is 24.4. The number of H-pyrrole nitrogens is 1. The topological polar surface area (TPSA) is 251 Å². The Hall–Kier alpha value is -4.95. The largest absolute Gasteiger partial charge is 0.480 e. The number of hydrogen-bond acceptors (Lipinski definition) is 7. The van der Waals surface area contributed by atoms with Crippen LogP contribution in [0.4, 0.5) is 0 Å².